The molecule has 0 spiro atoms. The number of hydrogen-bond acceptors (Lipinski definition) is 2. The number of rotatable bonds is 2. The molecule has 0 atom stereocenters. The highest BCUT2D eigenvalue weighted by atomic mass is 127. The molecule has 1 aliphatic carbocycles. The fourth-order valence-corrected chi connectivity index (χ4v) is 2.99. The Morgan fingerprint density at radius 3 is 2.07 bits per heavy atom. The molecule has 2 rings (SSSR count). The summed E-state index contributed by atoms with van der Waals surface area (Å²) in [4.78, 5) is 0. The van der Waals surface area contributed by atoms with Crippen LogP contribution in [-0.4, -0.2) is 28.4 Å². The predicted octanol–water partition coefficient (Wildman–Crippen LogP) is 3.15. The molecule has 2 fully saturated rings. The van der Waals surface area contributed by atoms with Crippen molar-refractivity contribution in [3.8, 4) is 0 Å². The minimum Gasteiger partial charge on any atom is -0.375 e. The zero-order valence-corrected chi connectivity index (χ0v) is 10.9. The topological polar surface area (TPSA) is 12.5 Å². The van der Waals surface area contributed by atoms with Crippen molar-refractivity contribution < 1.29 is 4.74 Å². The molecule has 0 N–H and O–H groups in total. The van der Waals surface area contributed by atoms with Crippen LogP contribution in [0.15, 0.2) is 0 Å². The van der Waals surface area contributed by atoms with Gasteiger partial charge in [0.05, 0.1) is 12.2 Å². The van der Waals surface area contributed by atoms with Crippen LogP contribution < -0.4 is 0 Å². The summed E-state index contributed by atoms with van der Waals surface area (Å²) < 4.78 is 8.52. The molecule has 82 valence electrons. The van der Waals surface area contributed by atoms with E-state index in [-0.39, 0.29) is 0 Å². The monoisotopic (exact) mass is 309 g/mol. The number of ether oxygens (including phenoxy) is 1. The zero-order valence-electron chi connectivity index (χ0n) is 8.75. The van der Waals surface area contributed by atoms with Crippen molar-refractivity contribution in [2.75, 3.05) is 13.1 Å². The van der Waals surface area contributed by atoms with Crippen LogP contribution in [0.25, 0.3) is 0 Å². The Bertz CT molecular complexity index is 163. The van der Waals surface area contributed by atoms with Gasteiger partial charge in [0.2, 0.25) is 0 Å². The van der Waals surface area contributed by atoms with Crippen molar-refractivity contribution >= 4 is 22.9 Å². The highest BCUT2D eigenvalue weighted by Gasteiger charge is 2.22. The molecular formula is C11H20INO. The van der Waals surface area contributed by atoms with Crippen molar-refractivity contribution in [1.82, 2.24) is 3.11 Å². The van der Waals surface area contributed by atoms with Crippen molar-refractivity contribution in [2.24, 2.45) is 0 Å². The minimum atomic E-state index is 0.559. The standard InChI is InChI=1S/C11H20INO/c12-13-8-6-11(7-9-13)14-10-4-2-1-3-5-10/h10-11H,1-9H2. The summed E-state index contributed by atoms with van der Waals surface area (Å²) in [6.45, 7) is 2.41. The van der Waals surface area contributed by atoms with E-state index in [0.29, 0.717) is 12.2 Å². The summed E-state index contributed by atoms with van der Waals surface area (Å²) >= 11 is 2.42. The second kappa shape index (κ2) is 5.66. The van der Waals surface area contributed by atoms with E-state index in [1.165, 1.54) is 58.0 Å². The molecule has 2 nitrogen and oxygen atoms in total. The molecule has 0 unspecified atom stereocenters. The summed E-state index contributed by atoms with van der Waals surface area (Å²) in [5.41, 5.74) is 0. The lowest BCUT2D eigenvalue weighted by atomic mass is 9.97. The van der Waals surface area contributed by atoms with Gasteiger partial charge in [-0.15, -0.1) is 0 Å². The molecule has 0 aromatic rings. The fourth-order valence-electron chi connectivity index (χ4n) is 2.43. The molecule has 3 heteroatoms. The SMILES string of the molecule is IN1CCC(OC2CCCCC2)CC1. The Morgan fingerprint density at radius 2 is 1.43 bits per heavy atom. The molecule has 0 amide bonds. The molecule has 0 aromatic heterocycles. The second-order valence-corrected chi connectivity index (χ2v) is 5.87. The molecule has 1 saturated carbocycles. The van der Waals surface area contributed by atoms with Gasteiger partial charge in [0, 0.05) is 36.0 Å². The van der Waals surface area contributed by atoms with E-state index in [0.717, 1.165) is 0 Å². The van der Waals surface area contributed by atoms with Gasteiger partial charge in [0.15, 0.2) is 0 Å². The largest absolute Gasteiger partial charge is 0.375 e. The van der Waals surface area contributed by atoms with E-state index in [1.54, 1.807) is 0 Å². The maximum absolute atomic E-state index is 6.15. The minimum absolute atomic E-state index is 0.559. The normalized spacial score (nSPS) is 28.1. The first-order valence-corrected chi connectivity index (χ1v) is 6.87. The number of halogens is 1. The first-order chi connectivity index (χ1) is 6.84. The van der Waals surface area contributed by atoms with Gasteiger partial charge in [-0.25, -0.2) is 3.11 Å². The van der Waals surface area contributed by atoms with Gasteiger partial charge >= 0.3 is 0 Å². The van der Waals surface area contributed by atoms with Gasteiger partial charge in [-0.2, -0.15) is 0 Å². The van der Waals surface area contributed by atoms with Crippen molar-refractivity contribution in [1.29, 1.82) is 0 Å². The van der Waals surface area contributed by atoms with E-state index in [4.69, 9.17) is 4.74 Å². The summed E-state index contributed by atoms with van der Waals surface area (Å²) in [7, 11) is 0. The highest BCUT2D eigenvalue weighted by molar-refractivity contribution is 14.1. The Hall–Kier alpha value is 0.650. The number of hydrogen-bond donors (Lipinski definition) is 0. The molecule has 14 heavy (non-hydrogen) atoms. The van der Waals surface area contributed by atoms with E-state index >= 15 is 0 Å². The predicted molar refractivity (Wildman–Crippen MR) is 66.6 cm³/mol. The second-order valence-electron chi connectivity index (χ2n) is 4.51. The smallest absolute Gasteiger partial charge is 0.0603 e. The van der Waals surface area contributed by atoms with Gasteiger partial charge in [0.25, 0.3) is 0 Å². The molecule has 1 saturated heterocycles. The zero-order chi connectivity index (χ0) is 9.80. The summed E-state index contributed by atoms with van der Waals surface area (Å²) in [6, 6.07) is 0. The Kier molecular flexibility index (Phi) is 4.50. The third kappa shape index (κ3) is 3.35. The maximum Gasteiger partial charge on any atom is 0.0603 e. The van der Waals surface area contributed by atoms with Crippen LogP contribution in [0.1, 0.15) is 44.9 Å². The van der Waals surface area contributed by atoms with E-state index in [1.807, 2.05) is 0 Å². The third-order valence-corrected chi connectivity index (χ3v) is 4.29. The van der Waals surface area contributed by atoms with Gasteiger partial charge < -0.3 is 4.74 Å². The molecule has 2 aliphatic rings. The molecule has 1 aliphatic heterocycles. The Labute approximate surface area is 101 Å². The van der Waals surface area contributed by atoms with Crippen LogP contribution in [-0.2, 0) is 4.74 Å². The third-order valence-electron chi connectivity index (χ3n) is 3.32. The van der Waals surface area contributed by atoms with Gasteiger partial charge in [0.1, 0.15) is 0 Å². The van der Waals surface area contributed by atoms with Crippen LogP contribution >= 0.6 is 22.9 Å². The summed E-state index contributed by atoms with van der Waals surface area (Å²) in [5, 5.41) is 0. The van der Waals surface area contributed by atoms with Crippen molar-refractivity contribution in [3.63, 3.8) is 0 Å². The van der Waals surface area contributed by atoms with Crippen molar-refractivity contribution in [2.45, 2.75) is 57.2 Å². The lowest BCUT2D eigenvalue weighted by molar-refractivity contribution is -0.0467. The lowest BCUT2D eigenvalue weighted by Crippen LogP contribution is -2.34. The van der Waals surface area contributed by atoms with Crippen LogP contribution in [0.2, 0.25) is 0 Å². The Balaban J connectivity index is 1.68. The van der Waals surface area contributed by atoms with Crippen LogP contribution in [0.5, 0.6) is 0 Å². The Morgan fingerprint density at radius 1 is 0.857 bits per heavy atom. The fraction of sp³-hybridized carbons (Fsp3) is 1.00. The molecule has 0 radical (unpaired) electrons. The van der Waals surface area contributed by atoms with Gasteiger partial charge in [-0.1, -0.05) is 19.3 Å². The highest BCUT2D eigenvalue weighted by Crippen LogP contribution is 2.25. The molecule has 0 bridgehead atoms. The van der Waals surface area contributed by atoms with Crippen LogP contribution in [0.4, 0.5) is 0 Å². The van der Waals surface area contributed by atoms with E-state index in [2.05, 4.69) is 26.0 Å². The average molecular weight is 309 g/mol. The number of nitrogens with zero attached hydrogens (tertiary/aromatic N) is 1. The first-order valence-electron chi connectivity index (χ1n) is 5.91. The summed E-state index contributed by atoms with van der Waals surface area (Å²) in [6.07, 6.45) is 10.4. The molecule has 1 heterocycles. The average Bonchev–Trinajstić information content (AvgIpc) is 2.23. The van der Waals surface area contributed by atoms with Crippen LogP contribution in [0, 0.1) is 0 Å². The molecular weight excluding hydrogens is 289 g/mol. The van der Waals surface area contributed by atoms with Gasteiger partial charge in [-0.3, -0.25) is 0 Å². The van der Waals surface area contributed by atoms with E-state index < -0.39 is 0 Å². The lowest BCUT2D eigenvalue weighted by Gasteiger charge is -2.32. The number of piperidine rings is 1. The maximum atomic E-state index is 6.15. The van der Waals surface area contributed by atoms with Crippen molar-refractivity contribution in [3.05, 3.63) is 0 Å². The molecule has 0 aromatic carbocycles. The van der Waals surface area contributed by atoms with Gasteiger partial charge in [-0.05, 0) is 25.7 Å². The quantitative estimate of drug-likeness (QED) is 0.574. The summed E-state index contributed by atoms with van der Waals surface area (Å²) in [5.74, 6) is 0. The first kappa shape index (κ1) is 11.1. The van der Waals surface area contributed by atoms with Crippen LogP contribution in [0.3, 0.4) is 0 Å². The van der Waals surface area contributed by atoms with E-state index in [9.17, 15) is 0 Å².